The predicted octanol–water partition coefficient (Wildman–Crippen LogP) is 1.15. The minimum absolute atomic E-state index is 0.00492. The van der Waals surface area contributed by atoms with Crippen LogP contribution < -0.4 is 5.32 Å². The molecular formula is C17H23N7O2. The van der Waals surface area contributed by atoms with E-state index in [1.807, 2.05) is 0 Å². The number of nitrogens with zero attached hydrogens (tertiary/aromatic N) is 5. The molecule has 4 rings (SSSR count). The first kappa shape index (κ1) is 16.7. The quantitative estimate of drug-likeness (QED) is 0.838. The van der Waals surface area contributed by atoms with Crippen LogP contribution in [0, 0.1) is 0 Å². The van der Waals surface area contributed by atoms with E-state index >= 15 is 0 Å². The number of aromatic amines is 1. The summed E-state index contributed by atoms with van der Waals surface area (Å²) in [7, 11) is 0. The van der Waals surface area contributed by atoms with Crippen molar-refractivity contribution in [2.75, 3.05) is 26.2 Å². The standard InChI is InChI=1S/C17H23N7O2/c25-16(12-10-14-15(18-11-12)21-22-20-14)23-6-8-24(9-7-23)17(26)19-13-4-2-1-3-5-13/h10-11,13H,1-9H2,(H,19,26)(H,18,20,21,22). The summed E-state index contributed by atoms with van der Waals surface area (Å²) in [5.41, 5.74) is 1.55. The number of H-pyrrole nitrogens is 1. The Hall–Kier alpha value is -2.71. The Bertz CT molecular complexity index is 791. The summed E-state index contributed by atoms with van der Waals surface area (Å²) in [5, 5.41) is 13.5. The van der Waals surface area contributed by atoms with Gasteiger partial charge in [0, 0.05) is 38.4 Å². The van der Waals surface area contributed by atoms with Crippen molar-refractivity contribution in [3.05, 3.63) is 17.8 Å². The first-order chi connectivity index (χ1) is 12.7. The zero-order valence-corrected chi connectivity index (χ0v) is 14.6. The molecule has 9 heteroatoms. The lowest BCUT2D eigenvalue weighted by atomic mass is 9.96. The van der Waals surface area contributed by atoms with Gasteiger partial charge in [0.1, 0.15) is 5.52 Å². The maximum Gasteiger partial charge on any atom is 0.317 e. The zero-order valence-electron chi connectivity index (χ0n) is 14.6. The third kappa shape index (κ3) is 3.47. The Labute approximate surface area is 151 Å². The van der Waals surface area contributed by atoms with Crippen LogP contribution in [0.15, 0.2) is 12.3 Å². The lowest BCUT2D eigenvalue weighted by molar-refractivity contribution is 0.0662. The second kappa shape index (κ2) is 7.27. The van der Waals surface area contributed by atoms with Crippen LogP contribution in [-0.4, -0.2) is 74.4 Å². The van der Waals surface area contributed by atoms with E-state index in [0.29, 0.717) is 48.9 Å². The number of hydrogen-bond donors (Lipinski definition) is 2. The molecule has 0 unspecified atom stereocenters. The van der Waals surface area contributed by atoms with Crippen LogP contribution >= 0.6 is 0 Å². The van der Waals surface area contributed by atoms with E-state index in [1.165, 1.54) is 25.5 Å². The molecule has 1 saturated heterocycles. The van der Waals surface area contributed by atoms with Crippen molar-refractivity contribution in [2.45, 2.75) is 38.1 Å². The van der Waals surface area contributed by atoms with E-state index in [4.69, 9.17) is 0 Å². The summed E-state index contributed by atoms with van der Waals surface area (Å²) in [4.78, 5) is 32.8. The lowest BCUT2D eigenvalue weighted by Gasteiger charge is -2.36. The van der Waals surface area contributed by atoms with Crippen molar-refractivity contribution in [3.8, 4) is 0 Å². The maximum atomic E-state index is 12.7. The Kier molecular flexibility index (Phi) is 4.68. The molecule has 2 N–H and O–H groups in total. The molecular weight excluding hydrogens is 334 g/mol. The summed E-state index contributed by atoms with van der Waals surface area (Å²) in [6.45, 7) is 2.13. The molecule has 2 aliphatic rings. The Morgan fingerprint density at radius 3 is 2.54 bits per heavy atom. The molecule has 0 aromatic carbocycles. The van der Waals surface area contributed by atoms with Gasteiger partial charge in [-0.25, -0.2) is 9.78 Å². The highest BCUT2D eigenvalue weighted by Crippen LogP contribution is 2.18. The summed E-state index contributed by atoms with van der Waals surface area (Å²) >= 11 is 0. The maximum absolute atomic E-state index is 12.7. The number of piperazine rings is 1. The van der Waals surface area contributed by atoms with Crippen LogP contribution in [0.1, 0.15) is 42.5 Å². The van der Waals surface area contributed by atoms with Crippen molar-refractivity contribution in [2.24, 2.45) is 0 Å². The number of urea groups is 1. The molecule has 9 nitrogen and oxygen atoms in total. The first-order valence-corrected chi connectivity index (χ1v) is 9.22. The molecule has 2 aromatic rings. The molecule has 26 heavy (non-hydrogen) atoms. The molecule has 1 saturated carbocycles. The van der Waals surface area contributed by atoms with Gasteiger partial charge < -0.3 is 15.1 Å². The number of fused-ring (bicyclic) bond motifs is 1. The molecule has 138 valence electrons. The topological polar surface area (TPSA) is 107 Å². The average Bonchev–Trinajstić information content (AvgIpc) is 3.16. The second-order valence-corrected chi connectivity index (χ2v) is 6.95. The fraction of sp³-hybridized carbons (Fsp3) is 0.588. The van der Waals surface area contributed by atoms with E-state index in [9.17, 15) is 9.59 Å². The number of aromatic nitrogens is 4. The molecule has 0 bridgehead atoms. The molecule has 0 atom stereocenters. The van der Waals surface area contributed by atoms with E-state index in [-0.39, 0.29) is 11.9 Å². The van der Waals surface area contributed by atoms with Crippen molar-refractivity contribution < 1.29 is 9.59 Å². The monoisotopic (exact) mass is 357 g/mol. The minimum atomic E-state index is -0.0882. The predicted molar refractivity (Wildman–Crippen MR) is 94.6 cm³/mol. The highest BCUT2D eigenvalue weighted by molar-refractivity contribution is 5.96. The Balaban J connectivity index is 1.32. The molecule has 2 fully saturated rings. The molecule has 1 aliphatic heterocycles. The van der Waals surface area contributed by atoms with Gasteiger partial charge in [-0.1, -0.05) is 19.3 Å². The molecule has 3 amide bonds. The number of rotatable bonds is 2. The van der Waals surface area contributed by atoms with E-state index in [1.54, 1.807) is 15.9 Å². The van der Waals surface area contributed by atoms with Crippen LogP contribution in [0.5, 0.6) is 0 Å². The van der Waals surface area contributed by atoms with Gasteiger partial charge in [-0.05, 0) is 18.9 Å². The number of amides is 3. The van der Waals surface area contributed by atoms with Gasteiger partial charge in [0.2, 0.25) is 5.65 Å². The van der Waals surface area contributed by atoms with Crippen molar-refractivity contribution in [1.29, 1.82) is 0 Å². The zero-order chi connectivity index (χ0) is 17.9. The number of carbonyl (C=O) groups is 2. The largest absolute Gasteiger partial charge is 0.335 e. The average molecular weight is 357 g/mol. The van der Waals surface area contributed by atoms with Gasteiger partial charge in [-0.3, -0.25) is 4.79 Å². The summed E-state index contributed by atoms with van der Waals surface area (Å²) in [6, 6.07) is 1.99. The van der Waals surface area contributed by atoms with Crippen molar-refractivity contribution in [3.63, 3.8) is 0 Å². The van der Waals surface area contributed by atoms with Crippen LogP contribution in [0.3, 0.4) is 0 Å². The van der Waals surface area contributed by atoms with Gasteiger partial charge in [0.25, 0.3) is 5.91 Å². The Morgan fingerprint density at radius 2 is 1.77 bits per heavy atom. The number of carbonyl (C=O) groups excluding carboxylic acids is 2. The van der Waals surface area contributed by atoms with Crippen LogP contribution in [0.4, 0.5) is 4.79 Å². The van der Waals surface area contributed by atoms with Gasteiger partial charge in [0.15, 0.2) is 0 Å². The third-order valence-corrected chi connectivity index (χ3v) is 5.21. The third-order valence-electron chi connectivity index (χ3n) is 5.21. The fourth-order valence-corrected chi connectivity index (χ4v) is 3.67. The second-order valence-electron chi connectivity index (χ2n) is 6.95. The van der Waals surface area contributed by atoms with Crippen molar-refractivity contribution >= 4 is 23.1 Å². The summed E-state index contributed by atoms with van der Waals surface area (Å²) < 4.78 is 0. The van der Waals surface area contributed by atoms with Gasteiger partial charge in [0.05, 0.1) is 5.56 Å². The highest BCUT2D eigenvalue weighted by atomic mass is 16.2. The minimum Gasteiger partial charge on any atom is -0.335 e. The van der Waals surface area contributed by atoms with E-state index in [0.717, 1.165) is 12.8 Å². The van der Waals surface area contributed by atoms with E-state index in [2.05, 4.69) is 25.7 Å². The van der Waals surface area contributed by atoms with E-state index < -0.39 is 0 Å². The molecule has 2 aromatic heterocycles. The van der Waals surface area contributed by atoms with Crippen LogP contribution in [0.2, 0.25) is 0 Å². The normalized spacial score (nSPS) is 18.9. The summed E-state index contributed by atoms with van der Waals surface area (Å²) in [5.74, 6) is -0.0882. The lowest BCUT2D eigenvalue weighted by Crippen LogP contribution is -2.54. The molecule has 3 heterocycles. The molecule has 0 radical (unpaired) electrons. The van der Waals surface area contributed by atoms with Crippen molar-refractivity contribution in [1.82, 2.24) is 35.5 Å². The van der Waals surface area contributed by atoms with Gasteiger partial charge >= 0.3 is 6.03 Å². The number of hydrogen-bond acceptors (Lipinski definition) is 5. The molecule has 1 aliphatic carbocycles. The highest BCUT2D eigenvalue weighted by Gasteiger charge is 2.26. The van der Waals surface area contributed by atoms with Gasteiger partial charge in [-0.2, -0.15) is 10.3 Å². The van der Waals surface area contributed by atoms with Crippen LogP contribution in [-0.2, 0) is 0 Å². The first-order valence-electron chi connectivity index (χ1n) is 9.22. The fourth-order valence-electron chi connectivity index (χ4n) is 3.67. The van der Waals surface area contributed by atoms with Crippen LogP contribution in [0.25, 0.3) is 11.2 Å². The Morgan fingerprint density at radius 1 is 1.04 bits per heavy atom. The number of pyridine rings is 1. The number of nitrogens with one attached hydrogen (secondary N) is 2. The molecule has 0 spiro atoms. The summed E-state index contributed by atoms with van der Waals surface area (Å²) in [6.07, 6.45) is 7.31. The van der Waals surface area contributed by atoms with Gasteiger partial charge in [-0.15, -0.1) is 5.10 Å². The SMILES string of the molecule is O=C(NC1CCCCC1)N1CCN(C(=O)c2cnc3n[nH]nc3c2)CC1. The smallest absolute Gasteiger partial charge is 0.317 e.